The summed E-state index contributed by atoms with van der Waals surface area (Å²) < 4.78 is 17.7. The smallest absolute Gasteiger partial charge is 0.330 e. The van der Waals surface area contributed by atoms with E-state index in [1.54, 1.807) is 0 Å². The number of ether oxygens (including phenoxy) is 2. The number of carbonyl (C=O) groups excluding carboxylic acids is 1. The highest BCUT2D eigenvalue weighted by atomic mass is 28.4. The molecule has 0 unspecified atom stereocenters. The molecule has 0 aromatic rings. The molecule has 1 fully saturated rings. The fourth-order valence-corrected chi connectivity index (χ4v) is 4.06. The normalized spacial score (nSPS) is 25.6. The van der Waals surface area contributed by atoms with Crippen LogP contribution in [0.25, 0.3) is 0 Å². The molecule has 1 aliphatic rings. The first kappa shape index (κ1) is 22.9. The van der Waals surface area contributed by atoms with E-state index in [1.807, 2.05) is 19.9 Å². The van der Waals surface area contributed by atoms with Crippen molar-refractivity contribution in [2.75, 3.05) is 7.11 Å². The summed E-state index contributed by atoms with van der Waals surface area (Å²) in [6.45, 7) is 19.4. The number of esters is 1. The molecule has 0 N–H and O–H groups in total. The van der Waals surface area contributed by atoms with E-state index in [-0.39, 0.29) is 29.3 Å². The summed E-state index contributed by atoms with van der Waals surface area (Å²) in [5.41, 5.74) is 1.99. The van der Waals surface area contributed by atoms with Gasteiger partial charge in [0.25, 0.3) is 0 Å². The van der Waals surface area contributed by atoms with Crippen molar-refractivity contribution < 1.29 is 18.7 Å². The summed E-state index contributed by atoms with van der Waals surface area (Å²) >= 11 is 0. The van der Waals surface area contributed by atoms with Gasteiger partial charge in [0.2, 0.25) is 0 Å². The number of hydrogen-bond acceptors (Lipinski definition) is 4. The molecule has 0 amide bonds. The van der Waals surface area contributed by atoms with Crippen molar-refractivity contribution in [1.29, 1.82) is 0 Å². The Morgan fingerprint density at radius 3 is 2.50 bits per heavy atom. The van der Waals surface area contributed by atoms with Crippen molar-refractivity contribution in [1.82, 2.24) is 0 Å². The van der Waals surface area contributed by atoms with Crippen LogP contribution >= 0.6 is 0 Å². The second-order valence-electron chi connectivity index (χ2n) is 8.62. The predicted octanol–water partition coefficient (Wildman–Crippen LogP) is 5.18. The summed E-state index contributed by atoms with van der Waals surface area (Å²) in [6.07, 6.45) is 6.64. The number of hydrogen-bond donors (Lipinski definition) is 0. The van der Waals surface area contributed by atoms with Gasteiger partial charge in [0.05, 0.1) is 25.4 Å². The number of rotatable bonds is 6. The summed E-state index contributed by atoms with van der Waals surface area (Å²) in [4.78, 5) is 11.5. The Hall–Kier alpha value is -1.17. The van der Waals surface area contributed by atoms with E-state index in [0.717, 1.165) is 17.6 Å². The van der Waals surface area contributed by atoms with E-state index < -0.39 is 8.32 Å². The van der Waals surface area contributed by atoms with Crippen LogP contribution in [0.1, 0.15) is 47.5 Å². The van der Waals surface area contributed by atoms with E-state index in [1.165, 1.54) is 13.2 Å². The zero-order chi connectivity index (χ0) is 20.1. The highest BCUT2D eigenvalue weighted by molar-refractivity contribution is 6.74. The topological polar surface area (TPSA) is 44.8 Å². The quantitative estimate of drug-likeness (QED) is 0.276. The summed E-state index contributed by atoms with van der Waals surface area (Å²) in [5, 5.41) is 0.106. The van der Waals surface area contributed by atoms with Gasteiger partial charge >= 0.3 is 5.97 Å². The largest absolute Gasteiger partial charge is 0.466 e. The molecule has 1 rings (SSSR count). The fraction of sp³-hybridized carbons (Fsp3) is 0.667. The molecule has 0 aliphatic carbocycles. The molecule has 5 heteroatoms. The van der Waals surface area contributed by atoms with Gasteiger partial charge in [-0.05, 0) is 44.0 Å². The molecule has 1 aliphatic heterocycles. The number of carbonyl (C=O) groups is 1. The lowest BCUT2D eigenvalue weighted by molar-refractivity contribution is -0.134. The minimum absolute atomic E-state index is 0.00249. The van der Waals surface area contributed by atoms with E-state index in [2.05, 4.69) is 46.5 Å². The molecule has 0 spiro atoms. The molecule has 148 valence electrons. The second kappa shape index (κ2) is 9.15. The number of methoxy groups -OCH3 is 1. The Kier molecular flexibility index (Phi) is 8.05. The standard InChI is InChI=1S/C21H36O4Si/c1-10-11-17-14-16(3)20(25-26(8,9)21(4,5)6)18(24-17)12-15(2)13-19(22)23-7/h10-11,13,17-18,20H,3,12,14H2,1-2,4-9H3/b11-10+,15-13+/t17-,18+,20-/m1/s1. The first-order valence-electron chi connectivity index (χ1n) is 9.30. The van der Waals surface area contributed by atoms with Crippen molar-refractivity contribution in [3.8, 4) is 0 Å². The Morgan fingerprint density at radius 1 is 1.38 bits per heavy atom. The molecule has 3 atom stereocenters. The van der Waals surface area contributed by atoms with E-state index in [4.69, 9.17) is 13.9 Å². The highest BCUT2D eigenvalue weighted by Gasteiger charge is 2.43. The van der Waals surface area contributed by atoms with Gasteiger partial charge < -0.3 is 13.9 Å². The lowest BCUT2D eigenvalue weighted by atomic mass is 9.92. The third-order valence-electron chi connectivity index (χ3n) is 5.28. The summed E-state index contributed by atoms with van der Waals surface area (Å²) in [5.74, 6) is -0.344. The second-order valence-corrected chi connectivity index (χ2v) is 13.4. The Balaban J connectivity index is 3.08. The molecule has 0 radical (unpaired) electrons. The van der Waals surface area contributed by atoms with Gasteiger partial charge in [-0.25, -0.2) is 4.79 Å². The first-order chi connectivity index (χ1) is 11.9. The average Bonchev–Trinajstić information content (AvgIpc) is 2.49. The van der Waals surface area contributed by atoms with E-state index >= 15 is 0 Å². The maximum Gasteiger partial charge on any atom is 0.330 e. The van der Waals surface area contributed by atoms with Gasteiger partial charge in [0, 0.05) is 12.5 Å². The van der Waals surface area contributed by atoms with Gasteiger partial charge in [-0.3, -0.25) is 0 Å². The van der Waals surface area contributed by atoms with Crippen LogP contribution < -0.4 is 0 Å². The van der Waals surface area contributed by atoms with Crippen molar-refractivity contribution >= 4 is 14.3 Å². The van der Waals surface area contributed by atoms with Crippen LogP contribution in [-0.2, 0) is 18.7 Å². The van der Waals surface area contributed by atoms with Crippen LogP contribution in [0, 0.1) is 0 Å². The Morgan fingerprint density at radius 2 is 2.00 bits per heavy atom. The molecular weight excluding hydrogens is 344 g/mol. The molecule has 26 heavy (non-hydrogen) atoms. The zero-order valence-corrected chi connectivity index (χ0v) is 18.7. The van der Waals surface area contributed by atoms with Crippen molar-refractivity contribution in [2.45, 2.75) is 83.9 Å². The van der Waals surface area contributed by atoms with E-state index in [0.29, 0.717) is 6.42 Å². The Bertz CT molecular complexity index is 569. The Labute approximate surface area is 160 Å². The third kappa shape index (κ3) is 6.22. The minimum Gasteiger partial charge on any atom is -0.466 e. The van der Waals surface area contributed by atoms with Crippen LogP contribution in [0.2, 0.25) is 18.1 Å². The van der Waals surface area contributed by atoms with Gasteiger partial charge in [-0.1, -0.05) is 45.1 Å². The van der Waals surface area contributed by atoms with Gasteiger partial charge in [0.1, 0.15) is 0 Å². The fourth-order valence-electron chi connectivity index (χ4n) is 2.75. The maximum absolute atomic E-state index is 11.5. The molecule has 4 nitrogen and oxygen atoms in total. The molecule has 0 aromatic heterocycles. The van der Waals surface area contributed by atoms with Crippen LogP contribution in [0.15, 0.2) is 36.0 Å². The lowest BCUT2D eigenvalue weighted by Gasteiger charge is -2.45. The molecule has 0 aromatic carbocycles. The monoisotopic (exact) mass is 380 g/mol. The molecule has 0 saturated carbocycles. The predicted molar refractivity (Wildman–Crippen MR) is 110 cm³/mol. The van der Waals surface area contributed by atoms with Crippen molar-refractivity contribution in [3.63, 3.8) is 0 Å². The minimum atomic E-state index is -1.98. The van der Waals surface area contributed by atoms with Gasteiger partial charge in [-0.2, -0.15) is 0 Å². The van der Waals surface area contributed by atoms with Crippen LogP contribution in [0.3, 0.4) is 0 Å². The SMILES string of the molecule is C=C1C[C@@H](/C=C/C)O[C@@H](C/C(C)=C/C(=O)OC)[C@@H]1O[Si](C)(C)C(C)(C)C. The highest BCUT2D eigenvalue weighted by Crippen LogP contribution is 2.41. The summed E-state index contributed by atoms with van der Waals surface area (Å²) in [6, 6.07) is 0. The molecular formula is C21H36O4Si. The average molecular weight is 381 g/mol. The molecule has 0 bridgehead atoms. The zero-order valence-electron chi connectivity index (χ0n) is 17.7. The third-order valence-corrected chi connectivity index (χ3v) is 9.73. The molecule has 1 heterocycles. The van der Waals surface area contributed by atoms with Crippen LogP contribution in [-0.4, -0.2) is 39.7 Å². The summed E-state index contributed by atoms with van der Waals surface area (Å²) in [7, 11) is -0.591. The van der Waals surface area contributed by atoms with Crippen LogP contribution in [0.4, 0.5) is 0 Å². The first-order valence-corrected chi connectivity index (χ1v) is 12.2. The van der Waals surface area contributed by atoms with Gasteiger partial charge in [-0.15, -0.1) is 0 Å². The van der Waals surface area contributed by atoms with Crippen molar-refractivity contribution in [2.24, 2.45) is 0 Å². The van der Waals surface area contributed by atoms with E-state index in [9.17, 15) is 4.79 Å². The molecule has 1 saturated heterocycles. The lowest BCUT2D eigenvalue weighted by Crippen LogP contribution is -2.51. The number of allylic oxidation sites excluding steroid dienone is 1. The maximum atomic E-state index is 11.5. The van der Waals surface area contributed by atoms with Gasteiger partial charge in [0.15, 0.2) is 8.32 Å². The van der Waals surface area contributed by atoms with Crippen LogP contribution in [0.5, 0.6) is 0 Å². The van der Waals surface area contributed by atoms with Crippen molar-refractivity contribution in [3.05, 3.63) is 36.0 Å².